The van der Waals surface area contributed by atoms with Crippen molar-refractivity contribution in [3.63, 3.8) is 0 Å². The van der Waals surface area contributed by atoms with E-state index in [0.717, 1.165) is 18.8 Å². The number of carbonyl (C=O) groups excluding carboxylic acids is 2. The van der Waals surface area contributed by atoms with Gasteiger partial charge in [-0.1, -0.05) is 19.9 Å². The number of hydrogen-bond acceptors (Lipinski definition) is 4. The van der Waals surface area contributed by atoms with Gasteiger partial charge in [0, 0.05) is 29.3 Å². The third-order valence-electron chi connectivity index (χ3n) is 6.20. The van der Waals surface area contributed by atoms with E-state index >= 15 is 0 Å². The third kappa shape index (κ3) is 3.96. The van der Waals surface area contributed by atoms with E-state index < -0.39 is 0 Å². The lowest BCUT2D eigenvalue weighted by atomic mass is 9.76. The van der Waals surface area contributed by atoms with Crippen LogP contribution in [-0.4, -0.2) is 36.8 Å². The van der Waals surface area contributed by atoms with Crippen LogP contribution < -0.4 is 10.1 Å². The molecule has 160 valence electrons. The molecule has 0 bridgehead atoms. The molecule has 0 aromatic heterocycles. The number of ketones is 1. The maximum absolute atomic E-state index is 12.8. The van der Waals surface area contributed by atoms with Gasteiger partial charge in [0.2, 0.25) is 0 Å². The van der Waals surface area contributed by atoms with E-state index in [1.165, 1.54) is 38.0 Å². The molecule has 1 saturated heterocycles. The number of carbonyl (C=O) groups is 2. The van der Waals surface area contributed by atoms with E-state index in [1.54, 1.807) is 18.2 Å². The van der Waals surface area contributed by atoms with Gasteiger partial charge in [0.15, 0.2) is 5.78 Å². The Morgan fingerprint density at radius 2 is 1.93 bits per heavy atom. The molecule has 6 heteroatoms. The molecule has 30 heavy (non-hydrogen) atoms. The van der Waals surface area contributed by atoms with E-state index in [1.807, 2.05) is 6.07 Å². The van der Waals surface area contributed by atoms with Crippen LogP contribution in [0.4, 0.5) is 5.69 Å². The van der Waals surface area contributed by atoms with Crippen molar-refractivity contribution >= 4 is 29.8 Å². The summed E-state index contributed by atoms with van der Waals surface area (Å²) in [5, 5.41) is 3.01. The average Bonchev–Trinajstić information content (AvgIpc) is 3.14. The summed E-state index contributed by atoms with van der Waals surface area (Å²) >= 11 is 0. The van der Waals surface area contributed by atoms with Crippen LogP contribution >= 0.6 is 12.4 Å². The average molecular weight is 429 g/mol. The normalized spacial score (nSPS) is 19.3. The van der Waals surface area contributed by atoms with E-state index in [4.69, 9.17) is 4.74 Å². The first-order valence-corrected chi connectivity index (χ1v) is 10.2. The highest BCUT2D eigenvalue weighted by Gasteiger charge is 2.39. The van der Waals surface area contributed by atoms with Crippen molar-refractivity contribution < 1.29 is 14.3 Å². The zero-order valence-corrected chi connectivity index (χ0v) is 18.8. The first kappa shape index (κ1) is 22.3. The summed E-state index contributed by atoms with van der Waals surface area (Å²) in [7, 11) is 1.52. The fraction of sp³-hybridized carbons (Fsp3) is 0.417. The first-order chi connectivity index (χ1) is 13.8. The van der Waals surface area contributed by atoms with Gasteiger partial charge in [-0.15, -0.1) is 12.4 Å². The lowest BCUT2D eigenvalue weighted by Crippen LogP contribution is -2.42. The summed E-state index contributed by atoms with van der Waals surface area (Å²) in [6.07, 6.45) is 2.39. The molecule has 2 aliphatic rings. The second-order valence-corrected chi connectivity index (χ2v) is 8.74. The van der Waals surface area contributed by atoms with Gasteiger partial charge in [-0.3, -0.25) is 14.5 Å². The lowest BCUT2D eigenvalue weighted by Gasteiger charge is -2.42. The molecular formula is C24H29ClN2O3. The molecule has 2 heterocycles. The van der Waals surface area contributed by atoms with E-state index in [2.05, 4.69) is 36.2 Å². The van der Waals surface area contributed by atoms with E-state index in [-0.39, 0.29) is 29.5 Å². The van der Waals surface area contributed by atoms with Gasteiger partial charge in [0.25, 0.3) is 5.91 Å². The molecule has 1 amide bonds. The predicted octanol–water partition coefficient (Wildman–Crippen LogP) is 5.00. The van der Waals surface area contributed by atoms with Crippen molar-refractivity contribution in [1.29, 1.82) is 0 Å². The highest BCUT2D eigenvalue weighted by atomic mass is 35.5. The maximum Gasteiger partial charge on any atom is 0.255 e. The van der Waals surface area contributed by atoms with Crippen LogP contribution in [0.15, 0.2) is 36.4 Å². The smallest absolute Gasteiger partial charge is 0.255 e. The van der Waals surface area contributed by atoms with Gasteiger partial charge in [0.05, 0.1) is 12.7 Å². The standard InChI is InChI=1S/C24H28N2O3.ClH/c1-15(27)18-12-16(7-10-22(18)29-4)23(28)25-17-8-9-20-19(13-17)21-6-5-11-26(21)14-24(20,2)3;/h7-10,12-13,21H,5-6,11,14H2,1-4H3,(H,25,28);1H. The molecule has 1 unspecified atom stereocenters. The Morgan fingerprint density at radius 3 is 2.63 bits per heavy atom. The Balaban J connectivity index is 0.00000256. The number of nitrogens with one attached hydrogen (secondary N) is 1. The number of hydrogen-bond donors (Lipinski definition) is 1. The molecule has 1 atom stereocenters. The number of rotatable bonds is 4. The monoisotopic (exact) mass is 428 g/mol. The summed E-state index contributed by atoms with van der Waals surface area (Å²) < 4.78 is 5.22. The molecule has 0 aliphatic carbocycles. The number of methoxy groups -OCH3 is 1. The number of fused-ring (bicyclic) bond motifs is 3. The topological polar surface area (TPSA) is 58.6 Å². The van der Waals surface area contributed by atoms with Gasteiger partial charge >= 0.3 is 0 Å². The summed E-state index contributed by atoms with van der Waals surface area (Å²) in [6.45, 7) is 8.27. The minimum atomic E-state index is -0.228. The Bertz CT molecular complexity index is 986. The van der Waals surface area contributed by atoms with Crippen molar-refractivity contribution in [2.75, 3.05) is 25.5 Å². The van der Waals surface area contributed by atoms with Crippen molar-refractivity contribution in [2.45, 2.75) is 45.1 Å². The number of halogens is 1. The first-order valence-electron chi connectivity index (χ1n) is 10.2. The molecule has 2 aromatic carbocycles. The fourth-order valence-corrected chi connectivity index (χ4v) is 4.82. The maximum atomic E-state index is 12.8. The summed E-state index contributed by atoms with van der Waals surface area (Å²) in [4.78, 5) is 27.3. The minimum absolute atomic E-state index is 0. The van der Waals surface area contributed by atoms with Crippen molar-refractivity contribution in [3.8, 4) is 5.75 Å². The summed E-state index contributed by atoms with van der Waals surface area (Å²) in [5.74, 6) is 0.119. The number of anilines is 1. The van der Waals surface area contributed by atoms with Crippen LogP contribution in [-0.2, 0) is 5.41 Å². The molecule has 0 spiro atoms. The van der Waals surface area contributed by atoms with Crippen LogP contribution in [0.1, 0.15) is 71.5 Å². The molecule has 2 aromatic rings. The molecule has 0 saturated carbocycles. The molecule has 1 N–H and O–H groups in total. The Morgan fingerprint density at radius 1 is 1.17 bits per heavy atom. The Hall–Kier alpha value is -2.37. The largest absolute Gasteiger partial charge is 0.496 e. The second kappa shape index (κ2) is 8.40. The molecule has 5 nitrogen and oxygen atoms in total. The quantitative estimate of drug-likeness (QED) is 0.696. The molecule has 1 fully saturated rings. The van der Waals surface area contributed by atoms with E-state index in [0.29, 0.717) is 22.9 Å². The molecular weight excluding hydrogens is 400 g/mol. The van der Waals surface area contributed by atoms with Gasteiger partial charge < -0.3 is 10.1 Å². The zero-order valence-electron chi connectivity index (χ0n) is 18.0. The SMILES string of the molecule is COc1ccc(C(=O)Nc2ccc3c(c2)C2CCCN2CC3(C)C)cc1C(C)=O.Cl. The highest BCUT2D eigenvalue weighted by molar-refractivity contribution is 6.07. The lowest BCUT2D eigenvalue weighted by molar-refractivity contribution is 0.101. The molecule has 2 aliphatic heterocycles. The number of nitrogens with zero attached hydrogens (tertiary/aromatic N) is 1. The minimum Gasteiger partial charge on any atom is -0.496 e. The summed E-state index contributed by atoms with van der Waals surface area (Å²) in [6, 6.07) is 11.7. The molecule has 0 radical (unpaired) electrons. The Labute approximate surface area is 184 Å². The third-order valence-corrected chi connectivity index (χ3v) is 6.20. The van der Waals surface area contributed by atoms with Gasteiger partial charge in [-0.05, 0) is 67.8 Å². The van der Waals surface area contributed by atoms with Crippen molar-refractivity contribution in [2.24, 2.45) is 0 Å². The Kier molecular flexibility index (Phi) is 6.25. The van der Waals surface area contributed by atoms with Crippen LogP contribution in [0.3, 0.4) is 0 Å². The zero-order chi connectivity index (χ0) is 20.8. The highest BCUT2D eigenvalue weighted by Crippen LogP contribution is 2.45. The van der Waals surface area contributed by atoms with Crippen LogP contribution in [0.5, 0.6) is 5.75 Å². The van der Waals surface area contributed by atoms with E-state index in [9.17, 15) is 9.59 Å². The van der Waals surface area contributed by atoms with Crippen LogP contribution in [0.2, 0.25) is 0 Å². The number of amides is 1. The number of ether oxygens (including phenoxy) is 1. The number of Topliss-reactive ketones (excluding diaryl/α,β-unsaturated/α-hetero) is 1. The van der Waals surface area contributed by atoms with Gasteiger partial charge in [0.1, 0.15) is 5.75 Å². The van der Waals surface area contributed by atoms with Crippen molar-refractivity contribution in [3.05, 3.63) is 58.7 Å². The van der Waals surface area contributed by atoms with Gasteiger partial charge in [-0.25, -0.2) is 0 Å². The van der Waals surface area contributed by atoms with Crippen LogP contribution in [0, 0.1) is 0 Å². The molecule has 4 rings (SSSR count). The summed E-state index contributed by atoms with van der Waals surface area (Å²) in [5.41, 5.74) is 4.45. The second-order valence-electron chi connectivity index (χ2n) is 8.74. The van der Waals surface area contributed by atoms with Gasteiger partial charge in [-0.2, -0.15) is 0 Å². The van der Waals surface area contributed by atoms with Crippen LogP contribution in [0.25, 0.3) is 0 Å². The number of benzene rings is 2. The van der Waals surface area contributed by atoms with Crippen molar-refractivity contribution in [1.82, 2.24) is 4.90 Å². The predicted molar refractivity (Wildman–Crippen MR) is 121 cm³/mol. The fourth-order valence-electron chi connectivity index (χ4n) is 4.82.